The van der Waals surface area contributed by atoms with Crippen molar-refractivity contribution in [2.24, 2.45) is 0 Å². The lowest BCUT2D eigenvalue weighted by atomic mass is 10.2. The molecule has 0 amide bonds. The zero-order valence-corrected chi connectivity index (χ0v) is 13.6. The van der Waals surface area contributed by atoms with Crippen LogP contribution in [-0.4, -0.2) is 8.42 Å². The molecule has 2 aromatic rings. The quantitative estimate of drug-likeness (QED) is 0.810. The zero-order valence-electron chi connectivity index (χ0n) is 11.2. The van der Waals surface area contributed by atoms with Crippen molar-refractivity contribution < 1.29 is 12.8 Å². The van der Waals surface area contributed by atoms with Gasteiger partial charge in [0, 0.05) is 22.3 Å². The van der Waals surface area contributed by atoms with Crippen molar-refractivity contribution in [3.05, 3.63) is 57.8 Å². The second-order valence-electron chi connectivity index (χ2n) is 4.58. The number of hydrogen-bond acceptors (Lipinski definition) is 3. The summed E-state index contributed by atoms with van der Waals surface area (Å²) in [5.74, 6) is -0.640. The molecule has 21 heavy (non-hydrogen) atoms. The standard InChI is InChI=1S/C14H14BrFN2O2S/c1-9-13(16)6-12(17)7-14(9)21(19,20)18-8-10-2-4-11(15)5-3-10/h2-7,18H,8,17H2,1H3. The van der Waals surface area contributed by atoms with Crippen LogP contribution in [0.5, 0.6) is 0 Å². The molecule has 0 radical (unpaired) electrons. The van der Waals surface area contributed by atoms with Crippen LogP contribution in [0.1, 0.15) is 11.1 Å². The molecule has 0 aliphatic heterocycles. The number of halogens is 2. The van der Waals surface area contributed by atoms with Crippen LogP contribution in [0.4, 0.5) is 10.1 Å². The number of nitrogen functional groups attached to an aromatic ring is 1. The first-order chi connectivity index (χ1) is 9.79. The first-order valence-electron chi connectivity index (χ1n) is 6.09. The van der Waals surface area contributed by atoms with Gasteiger partial charge in [-0.1, -0.05) is 28.1 Å². The van der Waals surface area contributed by atoms with Crippen molar-refractivity contribution in [2.75, 3.05) is 5.73 Å². The minimum absolute atomic E-state index is 0.0486. The molecular formula is C14H14BrFN2O2S. The Morgan fingerprint density at radius 3 is 2.48 bits per heavy atom. The van der Waals surface area contributed by atoms with Crippen LogP contribution in [0.2, 0.25) is 0 Å². The summed E-state index contributed by atoms with van der Waals surface area (Å²) in [5.41, 5.74) is 6.43. The lowest BCUT2D eigenvalue weighted by molar-refractivity contribution is 0.574. The van der Waals surface area contributed by atoms with Gasteiger partial charge in [0.15, 0.2) is 0 Å². The first kappa shape index (κ1) is 15.9. The molecule has 3 N–H and O–H groups in total. The molecule has 0 saturated carbocycles. The summed E-state index contributed by atoms with van der Waals surface area (Å²) in [7, 11) is -3.83. The van der Waals surface area contributed by atoms with Crippen molar-refractivity contribution >= 4 is 31.6 Å². The fraction of sp³-hybridized carbons (Fsp3) is 0.143. The predicted octanol–water partition coefficient (Wildman–Crippen LogP) is 2.96. The largest absolute Gasteiger partial charge is 0.399 e. The summed E-state index contributed by atoms with van der Waals surface area (Å²) in [6, 6.07) is 9.56. The van der Waals surface area contributed by atoms with Gasteiger partial charge < -0.3 is 5.73 Å². The van der Waals surface area contributed by atoms with Crippen molar-refractivity contribution in [3.63, 3.8) is 0 Å². The summed E-state index contributed by atoms with van der Waals surface area (Å²) in [6.07, 6.45) is 0. The van der Waals surface area contributed by atoms with Gasteiger partial charge in [-0.2, -0.15) is 0 Å². The predicted molar refractivity (Wildman–Crippen MR) is 83.7 cm³/mol. The van der Waals surface area contributed by atoms with E-state index in [4.69, 9.17) is 5.73 Å². The van der Waals surface area contributed by atoms with Gasteiger partial charge in [-0.3, -0.25) is 0 Å². The highest BCUT2D eigenvalue weighted by atomic mass is 79.9. The Balaban J connectivity index is 2.25. The minimum atomic E-state index is -3.83. The van der Waals surface area contributed by atoms with Gasteiger partial charge >= 0.3 is 0 Å². The van der Waals surface area contributed by atoms with Gasteiger partial charge in [-0.15, -0.1) is 0 Å². The Morgan fingerprint density at radius 1 is 1.24 bits per heavy atom. The fourth-order valence-corrected chi connectivity index (χ4v) is 3.38. The van der Waals surface area contributed by atoms with Crippen LogP contribution in [0.25, 0.3) is 0 Å². The summed E-state index contributed by atoms with van der Waals surface area (Å²) in [4.78, 5) is -0.142. The Hall–Kier alpha value is -1.44. The molecule has 0 bridgehead atoms. The smallest absolute Gasteiger partial charge is 0.241 e. The molecule has 0 atom stereocenters. The van der Waals surface area contributed by atoms with E-state index in [0.29, 0.717) is 0 Å². The highest BCUT2D eigenvalue weighted by Gasteiger charge is 2.19. The van der Waals surface area contributed by atoms with Crippen LogP contribution in [0.15, 0.2) is 45.8 Å². The molecule has 0 unspecified atom stereocenters. The van der Waals surface area contributed by atoms with Crippen molar-refractivity contribution in [1.82, 2.24) is 4.72 Å². The molecule has 0 saturated heterocycles. The molecule has 2 rings (SSSR count). The van der Waals surface area contributed by atoms with Crippen LogP contribution >= 0.6 is 15.9 Å². The fourth-order valence-electron chi connectivity index (χ4n) is 1.81. The van der Waals surface area contributed by atoms with Crippen molar-refractivity contribution in [3.8, 4) is 0 Å². The van der Waals surface area contributed by atoms with Gasteiger partial charge in [0.1, 0.15) is 5.82 Å². The molecule has 4 nitrogen and oxygen atoms in total. The van der Waals surface area contributed by atoms with Gasteiger partial charge in [0.25, 0.3) is 0 Å². The number of hydrogen-bond donors (Lipinski definition) is 2. The highest BCUT2D eigenvalue weighted by molar-refractivity contribution is 9.10. The van der Waals surface area contributed by atoms with Gasteiger partial charge in [-0.25, -0.2) is 17.5 Å². The van der Waals surface area contributed by atoms with Crippen molar-refractivity contribution in [1.29, 1.82) is 0 Å². The Labute approximate surface area is 131 Å². The molecule has 112 valence electrons. The molecule has 7 heteroatoms. The van der Waals surface area contributed by atoms with Crippen LogP contribution < -0.4 is 10.5 Å². The van der Waals surface area contributed by atoms with Gasteiger partial charge in [0.05, 0.1) is 4.90 Å². The monoisotopic (exact) mass is 372 g/mol. The third-order valence-electron chi connectivity index (χ3n) is 2.99. The molecule has 0 fully saturated rings. The molecule has 0 aromatic heterocycles. The first-order valence-corrected chi connectivity index (χ1v) is 8.37. The SMILES string of the molecule is Cc1c(F)cc(N)cc1S(=O)(=O)NCc1ccc(Br)cc1. The molecule has 0 heterocycles. The third kappa shape index (κ3) is 3.81. The van der Waals surface area contributed by atoms with E-state index in [9.17, 15) is 12.8 Å². The number of nitrogens with two attached hydrogens (primary N) is 1. The van der Waals surface area contributed by atoms with E-state index in [0.717, 1.165) is 16.1 Å². The maximum atomic E-state index is 13.6. The summed E-state index contributed by atoms with van der Waals surface area (Å²) < 4.78 is 41.5. The number of benzene rings is 2. The van der Waals surface area contributed by atoms with E-state index >= 15 is 0 Å². The maximum Gasteiger partial charge on any atom is 0.241 e. The Morgan fingerprint density at radius 2 is 1.86 bits per heavy atom. The summed E-state index contributed by atoms with van der Waals surface area (Å²) >= 11 is 3.30. The van der Waals surface area contributed by atoms with Crippen LogP contribution in [0.3, 0.4) is 0 Å². The third-order valence-corrected chi connectivity index (χ3v) is 5.04. The van der Waals surface area contributed by atoms with Gasteiger partial charge in [-0.05, 0) is 36.8 Å². The number of sulfonamides is 1. The maximum absolute atomic E-state index is 13.6. The van der Waals surface area contributed by atoms with E-state index in [1.54, 1.807) is 12.1 Å². The molecule has 0 spiro atoms. The average molecular weight is 373 g/mol. The normalized spacial score (nSPS) is 11.6. The number of nitrogens with one attached hydrogen (secondary N) is 1. The van der Waals surface area contributed by atoms with Crippen LogP contribution in [0, 0.1) is 12.7 Å². The lowest BCUT2D eigenvalue weighted by Gasteiger charge is -2.11. The van der Waals surface area contributed by atoms with E-state index < -0.39 is 15.8 Å². The van der Waals surface area contributed by atoms with E-state index in [2.05, 4.69) is 20.7 Å². The summed E-state index contributed by atoms with van der Waals surface area (Å²) in [5, 5.41) is 0. The molecule has 0 aliphatic carbocycles. The second kappa shape index (κ2) is 6.13. The average Bonchev–Trinajstić information content (AvgIpc) is 2.42. The van der Waals surface area contributed by atoms with Gasteiger partial charge in [0.2, 0.25) is 10.0 Å². The van der Waals surface area contributed by atoms with E-state index in [-0.39, 0.29) is 22.7 Å². The lowest BCUT2D eigenvalue weighted by Crippen LogP contribution is -2.24. The van der Waals surface area contributed by atoms with Crippen molar-refractivity contribution in [2.45, 2.75) is 18.4 Å². The summed E-state index contributed by atoms with van der Waals surface area (Å²) in [6.45, 7) is 1.52. The minimum Gasteiger partial charge on any atom is -0.399 e. The molecular weight excluding hydrogens is 359 g/mol. The van der Waals surface area contributed by atoms with E-state index in [1.165, 1.54) is 13.0 Å². The van der Waals surface area contributed by atoms with Crippen LogP contribution in [-0.2, 0) is 16.6 Å². The topological polar surface area (TPSA) is 72.2 Å². The Kier molecular flexibility index (Phi) is 4.65. The zero-order chi connectivity index (χ0) is 15.6. The van der Waals surface area contributed by atoms with E-state index in [1.807, 2.05) is 12.1 Å². The molecule has 0 aliphatic rings. The Bertz CT molecular complexity index is 761. The second-order valence-corrected chi connectivity index (χ2v) is 7.23. The number of anilines is 1. The number of rotatable bonds is 4. The molecule has 2 aromatic carbocycles. The highest BCUT2D eigenvalue weighted by Crippen LogP contribution is 2.22.